The molecule has 1 aromatic rings. The van der Waals surface area contributed by atoms with Crippen LogP contribution in [0.2, 0.25) is 0 Å². The van der Waals surface area contributed by atoms with Crippen molar-refractivity contribution in [1.29, 1.82) is 0 Å². The monoisotopic (exact) mass is 348 g/mol. The van der Waals surface area contributed by atoms with Crippen LogP contribution in [0.4, 0.5) is 8.78 Å². The average molecular weight is 348 g/mol. The minimum atomic E-state index is -4.00. The van der Waals surface area contributed by atoms with Gasteiger partial charge in [-0.2, -0.15) is 4.31 Å². The standard InChI is InChI=1S/C14H18F2N2O4S/c15-11-3-4-13(12(16)10-11)23(21,22)18-8-6-17(7-9-18)5-1-2-14(19)20/h3-4,10H,1-2,5-9H2,(H,19,20). The van der Waals surface area contributed by atoms with Crippen LogP contribution in [0.25, 0.3) is 0 Å². The van der Waals surface area contributed by atoms with Crippen LogP contribution < -0.4 is 0 Å². The molecule has 1 heterocycles. The van der Waals surface area contributed by atoms with Gasteiger partial charge in [-0.3, -0.25) is 4.79 Å². The Balaban J connectivity index is 1.97. The van der Waals surface area contributed by atoms with Crippen molar-refractivity contribution in [3.8, 4) is 0 Å². The van der Waals surface area contributed by atoms with E-state index in [9.17, 15) is 22.0 Å². The zero-order valence-electron chi connectivity index (χ0n) is 12.4. The first-order valence-electron chi connectivity index (χ1n) is 7.20. The van der Waals surface area contributed by atoms with E-state index in [1.54, 1.807) is 0 Å². The van der Waals surface area contributed by atoms with E-state index in [4.69, 9.17) is 5.11 Å². The molecule has 6 nitrogen and oxygen atoms in total. The van der Waals surface area contributed by atoms with E-state index in [-0.39, 0.29) is 19.5 Å². The van der Waals surface area contributed by atoms with Gasteiger partial charge in [0.25, 0.3) is 0 Å². The second kappa shape index (κ2) is 7.33. The van der Waals surface area contributed by atoms with Crippen LogP contribution in [0.3, 0.4) is 0 Å². The Morgan fingerprint density at radius 2 is 1.83 bits per heavy atom. The van der Waals surface area contributed by atoms with Gasteiger partial charge in [-0.1, -0.05) is 0 Å². The molecule has 9 heteroatoms. The molecule has 0 aromatic heterocycles. The van der Waals surface area contributed by atoms with Crippen molar-refractivity contribution in [2.75, 3.05) is 32.7 Å². The number of carbonyl (C=O) groups is 1. The highest BCUT2D eigenvalue weighted by atomic mass is 32.2. The number of rotatable bonds is 6. The molecule has 0 spiro atoms. The van der Waals surface area contributed by atoms with E-state index in [2.05, 4.69) is 0 Å². The highest BCUT2D eigenvalue weighted by Crippen LogP contribution is 2.21. The summed E-state index contributed by atoms with van der Waals surface area (Å²) in [4.78, 5) is 11.9. The maximum Gasteiger partial charge on any atom is 0.303 e. The largest absolute Gasteiger partial charge is 0.481 e. The lowest BCUT2D eigenvalue weighted by Crippen LogP contribution is -2.48. The van der Waals surface area contributed by atoms with Crippen LogP contribution in [0.1, 0.15) is 12.8 Å². The summed E-state index contributed by atoms with van der Waals surface area (Å²) in [5, 5.41) is 8.59. The summed E-state index contributed by atoms with van der Waals surface area (Å²) in [6, 6.07) is 2.40. The average Bonchev–Trinajstić information content (AvgIpc) is 2.47. The second-order valence-corrected chi connectivity index (χ2v) is 7.22. The molecule has 0 atom stereocenters. The van der Waals surface area contributed by atoms with Crippen LogP contribution in [-0.2, 0) is 14.8 Å². The van der Waals surface area contributed by atoms with Gasteiger partial charge in [-0.05, 0) is 25.1 Å². The summed E-state index contributed by atoms with van der Waals surface area (Å²) in [6.07, 6.45) is 0.563. The van der Waals surface area contributed by atoms with Gasteiger partial charge >= 0.3 is 5.97 Å². The minimum Gasteiger partial charge on any atom is -0.481 e. The third-order valence-electron chi connectivity index (χ3n) is 3.71. The van der Waals surface area contributed by atoms with Crippen LogP contribution in [0, 0.1) is 11.6 Å². The molecular weight excluding hydrogens is 330 g/mol. The zero-order chi connectivity index (χ0) is 17.0. The molecule has 0 amide bonds. The number of carboxylic acid groups (broad SMARTS) is 1. The molecule has 1 fully saturated rings. The fourth-order valence-electron chi connectivity index (χ4n) is 2.47. The number of benzene rings is 1. The first kappa shape index (κ1) is 17.8. The van der Waals surface area contributed by atoms with E-state index in [1.165, 1.54) is 0 Å². The molecule has 0 radical (unpaired) electrons. The number of carboxylic acids is 1. The van der Waals surface area contributed by atoms with Crippen molar-refractivity contribution in [2.24, 2.45) is 0 Å². The molecule has 2 rings (SSSR count). The predicted octanol–water partition coefficient (Wildman–Crippen LogP) is 1.14. The molecule has 0 aliphatic carbocycles. The molecule has 128 valence electrons. The summed E-state index contributed by atoms with van der Waals surface area (Å²) < 4.78 is 52.6. The number of hydrogen-bond donors (Lipinski definition) is 1. The number of halogens is 2. The number of aliphatic carboxylic acids is 1. The van der Waals surface area contributed by atoms with Crippen molar-refractivity contribution >= 4 is 16.0 Å². The van der Waals surface area contributed by atoms with Crippen LogP contribution in [0.15, 0.2) is 23.1 Å². The Morgan fingerprint density at radius 3 is 2.39 bits per heavy atom. The smallest absolute Gasteiger partial charge is 0.303 e. The van der Waals surface area contributed by atoms with Gasteiger partial charge in [0.2, 0.25) is 10.0 Å². The lowest BCUT2D eigenvalue weighted by Gasteiger charge is -2.33. The first-order chi connectivity index (χ1) is 10.8. The summed E-state index contributed by atoms with van der Waals surface area (Å²) in [5.74, 6) is -2.79. The van der Waals surface area contributed by atoms with Crippen molar-refractivity contribution in [3.05, 3.63) is 29.8 Å². The Hall–Kier alpha value is -1.58. The van der Waals surface area contributed by atoms with E-state index >= 15 is 0 Å². The van der Waals surface area contributed by atoms with Gasteiger partial charge in [-0.25, -0.2) is 17.2 Å². The predicted molar refractivity (Wildman–Crippen MR) is 78.4 cm³/mol. The van der Waals surface area contributed by atoms with Gasteiger partial charge in [0.05, 0.1) is 0 Å². The number of piperazine rings is 1. The summed E-state index contributed by atoms with van der Waals surface area (Å²) >= 11 is 0. The van der Waals surface area contributed by atoms with Crippen LogP contribution >= 0.6 is 0 Å². The van der Waals surface area contributed by atoms with Crippen molar-refractivity contribution < 1.29 is 27.1 Å². The molecule has 1 N–H and O–H groups in total. The summed E-state index contributed by atoms with van der Waals surface area (Å²) in [5.41, 5.74) is 0. The van der Waals surface area contributed by atoms with Crippen LogP contribution in [-0.4, -0.2) is 61.4 Å². The third kappa shape index (κ3) is 4.46. The summed E-state index contributed by atoms with van der Waals surface area (Å²) in [6.45, 7) is 1.84. The van der Waals surface area contributed by atoms with E-state index in [0.717, 1.165) is 16.4 Å². The molecule has 1 aliphatic heterocycles. The number of hydrogen-bond acceptors (Lipinski definition) is 4. The molecule has 1 aromatic carbocycles. The Labute approximate surface area is 133 Å². The Morgan fingerprint density at radius 1 is 1.17 bits per heavy atom. The SMILES string of the molecule is O=C(O)CCCN1CCN(S(=O)(=O)c2ccc(F)cc2F)CC1. The van der Waals surface area contributed by atoms with Gasteiger partial charge in [-0.15, -0.1) is 0 Å². The van der Waals surface area contributed by atoms with Crippen molar-refractivity contribution in [1.82, 2.24) is 9.21 Å². The fraction of sp³-hybridized carbons (Fsp3) is 0.500. The maximum absolute atomic E-state index is 13.7. The second-order valence-electron chi connectivity index (χ2n) is 5.32. The van der Waals surface area contributed by atoms with Crippen molar-refractivity contribution in [3.63, 3.8) is 0 Å². The molecular formula is C14H18F2N2O4S. The zero-order valence-corrected chi connectivity index (χ0v) is 13.2. The molecule has 0 saturated carbocycles. The normalized spacial score (nSPS) is 17.3. The first-order valence-corrected chi connectivity index (χ1v) is 8.64. The summed E-state index contributed by atoms with van der Waals surface area (Å²) in [7, 11) is -4.00. The highest BCUT2D eigenvalue weighted by Gasteiger charge is 2.30. The van der Waals surface area contributed by atoms with Gasteiger partial charge in [0.15, 0.2) is 0 Å². The lowest BCUT2D eigenvalue weighted by atomic mass is 10.2. The van der Waals surface area contributed by atoms with Gasteiger partial charge in [0, 0.05) is 38.7 Å². The van der Waals surface area contributed by atoms with E-state index < -0.39 is 32.5 Å². The topological polar surface area (TPSA) is 77.9 Å². The minimum absolute atomic E-state index is 0.0688. The Kier molecular flexibility index (Phi) is 5.66. The molecule has 1 aliphatic rings. The quantitative estimate of drug-likeness (QED) is 0.834. The maximum atomic E-state index is 13.7. The van der Waals surface area contributed by atoms with Crippen molar-refractivity contribution in [2.45, 2.75) is 17.7 Å². The van der Waals surface area contributed by atoms with Crippen LogP contribution in [0.5, 0.6) is 0 Å². The number of sulfonamides is 1. The highest BCUT2D eigenvalue weighted by molar-refractivity contribution is 7.89. The fourth-order valence-corrected chi connectivity index (χ4v) is 3.94. The lowest BCUT2D eigenvalue weighted by molar-refractivity contribution is -0.137. The molecule has 23 heavy (non-hydrogen) atoms. The molecule has 0 bridgehead atoms. The number of nitrogens with zero attached hydrogens (tertiary/aromatic N) is 2. The molecule has 0 unspecified atom stereocenters. The van der Waals surface area contributed by atoms with E-state index in [0.29, 0.717) is 32.1 Å². The van der Waals surface area contributed by atoms with E-state index in [1.807, 2.05) is 4.90 Å². The Bertz CT molecular complexity index is 673. The van der Waals surface area contributed by atoms with Gasteiger partial charge < -0.3 is 10.0 Å². The molecule has 1 saturated heterocycles. The van der Waals surface area contributed by atoms with Gasteiger partial charge in [0.1, 0.15) is 16.5 Å². The third-order valence-corrected chi connectivity index (χ3v) is 5.64.